The van der Waals surface area contributed by atoms with Gasteiger partial charge >= 0.3 is 0 Å². The SMILES string of the molecule is COc1cc2c(cc1Cl)C[C@H]1N(CC3CC3)CC[C@@]23CCN(C(=O)Cc2ccccn2)CC[C@@]13O. The highest BCUT2D eigenvalue weighted by molar-refractivity contribution is 6.32. The third-order valence-corrected chi connectivity index (χ3v) is 9.42. The second-order valence-corrected chi connectivity index (χ2v) is 11.3. The van der Waals surface area contributed by atoms with Crippen molar-refractivity contribution in [2.75, 3.05) is 33.3 Å². The topological polar surface area (TPSA) is 65.9 Å². The van der Waals surface area contributed by atoms with Crippen molar-refractivity contribution in [2.24, 2.45) is 5.92 Å². The Morgan fingerprint density at radius 3 is 2.74 bits per heavy atom. The van der Waals surface area contributed by atoms with E-state index in [9.17, 15) is 9.90 Å². The maximum absolute atomic E-state index is 13.3. The normalized spacial score (nSPS) is 30.3. The predicted octanol–water partition coefficient (Wildman–Crippen LogP) is 3.62. The van der Waals surface area contributed by atoms with Crippen LogP contribution in [0, 0.1) is 5.92 Å². The number of hydrogen-bond acceptors (Lipinski definition) is 5. The number of methoxy groups -OCH3 is 1. The Morgan fingerprint density at radius 2 is 2.00 bits per heavy atom. The fourth-order valence-electron chi connectivity index (χ4n) is 7.06. The highest BCUT2D eigenvalue weighted by atomic mass is 35.5. The number of carbonyl (C=O) groups excluding carboxylic acids is 1. The third-order valence-electron chi connectivity index (χ3n) is 9.13. The number of likely N-dealkylation sites (tertiary alicyclic amines) is 2. The van der Waals surface area contributed by atoms with Crippen molar-refractivity contribution in [1.82, 2.24) is 14.8 Å². The number of nitrogens with zero attached hydrogens (tertiary/aromatic N) is 3. The number of piperidine rings is 1. The van der Waals surface area contributed by atoms with Gasteiger partial charge in [-0.2, -0.15) is 0 Å². The molecule has 1 amide bonds. The second kappa shape index (κ2) is 8.75. The highest BCUT2D eigenvalue weighted by Gasteiger charge is 2.63. The Balaban J connectivity index is 1.36. The summed E-state index contributed by atoms with van der Waals surface area (Å²) in [7, 11) is 1.65. The number of hydrogen-bond donors (Lipinski definition) is 1. The number of fused-ring (bicyclic) bond motifs is 1. The van der Waals surface area contributed by atoms with Crippen molar-refractivity contribution in [1.29, 1.82) is 0 Å². The van der Waals surface area contributed by atoms with Gasteiger partial charge < -0.3 is 14.7 Å². The first-order valence-electron chi connectivity index (χ1n) is 12.9. The van der Waals surface area contributed by atoms with Gasteiger partial charge in [-0.15, -0.1) is 0 Å². The number of carbonyl (C=O) groups is 1. The minimum Gasteiger partial charge on any atom is -0.495 e. The maximum atomic E-state index is 13.3. The number of halogens is 1. The fourth-order valence-corrected chi connectivity index (χ4v) is 7.33. The molecule has 7 heteroatoms. The van der Waals surface area contributed by atoms with E-state index in [0.29, 0.717) is 36.7 Å². The summed E-state index contributed by atoms with van der Waals surface area (Å²) in [6, 6.07) is 9.85. The molecule has 2 bridgehead atoms. The zero-order valence-electron chi connectivity index (χ0n) is 20.4. The summed E-state index contributed by atoms with van der Waals surface area (Å²) in [6.45, 7) is 3.24. The molecule has 0 spiro atoms. The second-order valence-electron chi connectivity index (χ2n) is 10.9. The molecular weight excluding hydrogens is 462 g/mol. The molecule has 2 aliphatic heterocycles. The van der Waals surface area contributed by atoms with E-state index >= 15 is 0 Å². The van der Waals surface area contributed by atoms with Gasteiger partial charge in [0.2, 0.25) is 5.91 Å². The largest absolute Gasteiger partial charge is 0.495 e. The monoisotopic (exact) mass is 495 g/mol. The van der Waals surface area contributed by atoms with E-state index in [0.717, 1.165) is 44.0 Å². The average Bonchev–Trinajstić information content (AvgIpc) is 3.68. The van der Waals surface area contributed by atoms with Crippen molar-refractivity contribution in [3.8, 4) is 5.75 Å². The van der Waals surface area contributed by atoms with Crippen LogP contribution in [0.2, 0.25) is 5.02 Å². The van der Waals surface area contributed by atoms with E-state index in [-0.39, 0.29) is 11.9 Å². The molecule has 1 saturated carbocycles. The van der Waals surface area contributed by atoms with Crippen LogP contribution in [-0.2, 0) is 23.1 Å². The standard InChI is InChI=1S/C28H34ClN3O3/c1-35-24-17-22-20(14-23(24)29)15-25-28(34)9-13-31(26(33)16-21-4-2-3-10-30-21)11-7-27(22,28)8-12-32(25)18-19-5-6-19/h2-4,10,14,17,19,25,34H,5-9,11-13,15-16,18H2,1H3/t25-,27+,28-/m1/s1. The van der Waals surface area contributed by atoms with Crippen LogP contribution in [0.4, 0.5) is 0 Å². The lowest BCUT2D eigenvalue weighted by Crippen LogP contribution is -2.71. The number of aromatic nitrogens is 1. The van der Waals surface area contributed by atoms with E-state index in [1.165, 1.54) is 24.0 Å². The van der Waals surface area contributed by atoms with Gasteiger partial charge in [0.15, 0.2) is 0 Å². The molecule has 3 heterocycles. The van der Waals surface area contributed by atoms with Gasteiger partial charge in [-0.3, -0.25) is 14.7 Å². The van der Waals surface area contributed by atoms with Crippen LogP contribution in [-0.4, -0.2) is 70.7 Å². The first-order valence-corrected chi connectivity index (χ1v) is 13.3. The molecule has 1 aromatic heterocycles. The Bertz CT molecular complexity index is 1120. The molecule has 4 aliphatic rings. The molecule has 35 heavy (non-hydrogen) atoms. The number of benzene rings is 1. The van der Waals surface area contributed by atoms with E-state index in [1.54, 1.807) is 13.3 Å². The minimum absolute atomic E-state index is 0.0413. The van der Waals surface area contributed by atoms with Gasteiger partial charge in [0.25, 0.3) is 0 Å². The molecule has 186 valence electrons. The summed E-state index contributed by atoms with van der Waals surface area (Å²) >= 11 is 6.57. The van der Waals surface area contributed by atoms with E-state index in [2.05, 4.69) is 22.0 Å². The van der Waals surface area contributed by atoms with Gasteiger partial charge in [-0.25, -0.2) is 0 Å². The number of amides is 1. The Kier molecular flexibility index (Phi) is 5.82. The van der Waals surface area contributed by atoms with E-state index in [4.69, 9.17) is 16.3 Å². The quantitative estimate of drug-likeness (QED) is 0.686. The molecule has 2 aromatic rings. The summed E-state index contributed by atoms with van der Waals surface area (Å²) in [5.74, 6) is 1.50. The van der Waals surface area contributed by atoms with Crippen molar-refractivity contribution >= 4 is 17.5 Å². The molecule has 3 fully saturated rings. The first kappa shape index (κ1) is 23.3. The zero-order valence-corrected chi connectivity index (χ0v) is 21.1. The highest BCUT2D eigenvalue weighted by Crippen LogP contribution is 2.57. The lowest BCUT2D eigenvalue weighted by atomic mass is 9.52. The molecular formula is C28H34ClN3O3. The van der Waals surface area contributed by atoms with Gasteiger partial charge in [-0.05, 0) is 86.4 Å². The lowest BCUT2D eigenvalue weighted by molar-refractivity contribution is -0.149. The lowest BCUT2D eigenvalue weighted by Gasteiger charge is -2.61. The van der Waals surface area contributed by atoms with Crippen molar-refractivity contribution < 1.29 is 14.6 Å². The molecule has 0 radical (unpaired) electrons. The van der Waals surface area contributed by atoms with Crippen LogP contribution in [0.15, 0.2) is 36.5 Å². The molecule has 2 aliphatic carbocycles. The van der Waals surface area contributed by atoms with E-state index in [1.807, 2.05) is 23.1 Å². The van der Waals surface area contributed by atoms with Gasteiger partial charge in [0, 0.05) is 43.0 Å². The Morgan fingerprint density at radius 1 is 1.20 bits per heavy atom. The number of rotatable bonds is 5. The molecule has 6 rings (SSSR count). The first-order chi connectivity index (χ1) is 16.9. The third kappa shape index (κ3) is 3.85. The summed E-state index contributed by atoms with van der Waals surface area (Å²) in [6.07, 6.45) is 7.60. The van der Waals surface area contributed by atoms with Crippen LogP contribution in [0.1, 0.15) is 48.9 Å². The number of aliphatic hydroxyl groups is 1. The van der Waals surface area contributed by atoms with Crippen LogP contribution >= 0.6 is 11.6 Å². The van der Waals surface area contributed by atoms with Crippen molar-refractivity contribution in [3.05, 3.63) is 58.4 Å². The van der Waals surface area contributed by atoms with Crippen LogP contribution in [0.25, 0.3) is 0 Å². The van der Waals surface area contributed by atoms with Crippen LogP contribution in [0.5, 0.6) is 5.75 Å². The Labute approximate surface area is 212 Å². The summed E-state index contributed by atoms with van der Waals surface area (Å²) in [5, 5.41) is 13.3. The van der Waals surface area contributed by atoms with Crippen molar-refractivity contribution in [3.63, 3.8) is 0 Å². The van der Waals surface area contributed by atoms with Gasteiger partial charge in [-0.1, -0.05) is 17.7 Å². The number of ether oxygens (including phenoxy) is 1. The minimum atomic E-state index is -0.897. The fraction of sp³-hybridized carbons (Fsp3) is 0.571. The summed E-state index contributed by atoms with van der Waals surface area (Å²) in [5.41, 5.74) is 1.87. The smallest absolute Gasteiger partial charge is 0.228 e. The van der Waals surface area contributed by atoms with Crippen LogP contribution in [0.3, 0.4) is 0 Å². The van der Waals surface area contributed by atoms with Gasteiger partial charge in [0.05, 0.1) is 24.2 Å². The number of pyridine rings is 1. The average molecular weight is 496 g/mol. The molecule has 1 aromatic carbocycles. The molecule has 6 nitrogen and oxygen atoms in total. The molecule has 1 N–H and O–H groups in total. The summed E-state index contributed by atoms with van der Waals surface area (Å²) < 4.78 is 5.60. The molecule has 0 unspecified atom stereocenters. The molecule has 3 atom stereocenters. The van der Waals surface area contributed by atoms with Crippen LogP contribution < -0.4 is 4.74 Å². The summed E-state index contributed by atoms with van der Waals surface area (Å²) in [4.78, 5) is 22.1. The predicted molar refractivity (Wildman–Crippen MR) is 135 cm³/mol. The Hall–Kier alpha value is -2.15. The van der Waals surface area contributed by atoms with Crippen molar-refractivity contribution in [2.45, 2.75) is 62.0 Å². The maximum Gasteiger partial charge on any atom is 0.228 e. The van der Waals surface area contributed by atoms with Gasteiger partial charge in [0.1, 0.15) is 5.75 Å². The van der Waals surface area contributed by atoms with E-state index < -0.39 is 11.0 Å². The zero-order chi connectivity index (χ0) is 24.2. The molecule has 2 saturated heterocycles.